The quantitative estimate of drug-likeness (QED) is 0.741. The van der Waals surface area contributed by atoms with Gasteiger partial charge in [-0.25, -0.2) is 0 Å². The van der Waals surface area contributed by atoms with E-state index in [0.717, 1.165) is 30.2 Å². The number of benzene rings is 2. The van der Waals surface area contributed by atoms with Crippen LogP contribution in [0.25, 0.3) is 10.8 Å². The molecule has 0 heterocycles. The summed E-state index contributed by atoms with van der Waals surface area (Å²) in [7, 11) is 0. The van der Waals surface area contributed by atoms with Gasteiger partial charge in [-0.2, -0.15) is 0 Å². The maximum Gasteiger partial charge on any atom is 0.250 e. The first-order chi connectivity index (χ1) is 12.5. The Morgan fingerprint density at radius 3 is 2.58 bits per heavy atom. The van der Waals surface area contributed by atoms with Gasteiger partial charge >= 0.3 is 0 Å². The number of hydrogen-bond acceptors (Lipinski definition) is 3. The van der Waals surface area contributed by atoms with Crippen LogP contribution in [-0.4, -0.2) is 23.2 Å². The molecule has 1 aliphatic carbocycles. The Bertz CT molecular complexity index is 740. The van der Waals surface area contributed by atoms with Gasteiger partial charge in [0, 0.05) is 6.04 Å². The third-order valence-electron chi connectivity index (χ3n) is 5.64. The maximum atomic E-state index is 12.4. The summed E-state index contributed by atoms with van der Waals surface area (Å²) >= 11 is 0. The normalized spacial score (nSPS) is 19.0. The first-order valence-electron chi connectivity index (χ1n) is 9.77. The van der Waals surface area contributed by atoms with E-state index in [2.05, 4.69) is 29.6 Å². The van der Waals surface area contributed by atoms with Gasteiger partial charge in [0.05, 0.1) is 6.04 Å². The minimum Gasteiger partial charge on any atom is -0.382 e. The van der Waals surface area contributed by atoms with Crippen molar-refractivity contribution in [2.75, 3.05) is 0 Å². The van der Waals surface area contributed by atoms with Gasteiger partial charge in [-0.3, -0.25) is 4.79 Å². The molecule has 26 heavy (non-hydrogen) atoms. The topological polar surface area (TPSA) is 75.3 Å². The second kappa shape index (κ2) is 8.65. The molecule has 4 nitrogen and oxygen atoms in total. The molecule has 1 amide bonds. The molecule has 0 spiro atoms. The molecule has 1 fully saturated rings. The molecule has 0 aliphatic heterocycles. The van der Waals surface area contributed by atoms with Gasteiger partial charge in [-0.1, -0.05) is 68.5 Å². The fourth-order valence-corrected chi connectivity index (χ4v) is 3.99. The van der Waals surface area contributed by atoms with Crippen LogP contribution in [0.15, 0.2) is 42.5 Å². The van der Waals surface area contributed by atoms with Gasteiger partial charge in [0.2, 0.25) is 0 Å². The van der Waals surface area contributed by atoms with Gasteiger partial charge in [-0.05, 0) is 41.7 Å². The molecule has 140 valence electrons. The molecule has 4 N–H and O–H groups in total. The van der Waals surface area contributed by atoms with E-state index in [1.165, 1.54) is 24.6 Å². The van der Waals surface area contributed by atoms with E-state index in [1.807, 2.05) is 25.1 Å². The lowest BCUT2D eigenvalue weighted by Gasteiger charge is -2.27. The zero-order valence-electron chi connectivity index (χ0n) is 15.5. The summed E-state index contributed by atoms with van der Waals surface area (Å²) in [6.07, 6.45) is 5.65. The number of rotatable bonds is 6. The number of carbonyl (C=O) groups excluding carboxylic acids is 1. The highest BCUT2D eigenvalue weighted by molar-refractivity contribution is 5.84. The molecular formula is C22H30N2O2. The number of nitrogens with one attached hydrogen (secondary N) is 1. The summed E-state index contributed by atoms with van der Waals surface area (Å²) in [5.74, 6) is 0.160. The molecule has 3 rings (SSSR count). The molecule has 1 unspecified atom stereocenters. The molecule has 1 aliphatic rings. The average Bonchev–Trinajstić information content (AvgIpc) is 2.67. The number of fused-ring (bicyclic) bond motifs is 1. The Morgan fingerprint density at radius 1 is 1.15 bits per heavy atom. The fraction of sp³-hybridized carbons (Fsp3) is 0.500. The number of hydrogen-bond donors (Lipinski definition) is 3. The van der Waals surface area contributed by atoms with Gasteiger partial charge in [0.1, 0.15) is 6.10 Å². The number of carbonyl (C=O) groups is 1. The molecule has 2 aromatic carbocycles. The number of aliphatic hydroxyl groups excluding tert-OH is 1. The number of nitrogens with two attached hydrogens (primary N) is 1. The van der Waals surface area contributed by atoms with E-state index < -0.39 is 12.1 Å². The first-order valence-corrected chi connectivity index (χ1v) is 9.77. The molecule has 0 bridgehead atoms. The summed E-state index contributed by atoms with van der Waals surface area (Å²) in [6.45, 7) is 1.93. The van der Waals surface area contributed by atoms with Crippen molar-refractivity contribution in [3.05, 3.63) is 48.0 Å². The molecule has 4 heteroatoms. The molecule has 3 atom stereocenters. The van der Waals surface area contributed by atoms with Crippen molar-refractivity contribution in [1.29, 1.82) is 0 Å². The Morgan fingerprint density at radius 2 is 1.85 bits per heavy atom. The predicted molar refractivity (Wildman–Crippen MR) is 106 cm³/mol. The van der Waals surface area contributed by atoms with Crippen LogP contribution < -0.4 is 11.1 Å². The van der Waals surface area contributed by atoms with Gasteiger partial charge < -0.3 is 16.2 Å². The van der Waals surface area contributed by atoms with Crippen LogP contribution in [0.3, 0.4) is 0 Å². The molecule has 0 saturated heterocycles. The van der Waals surface area contributed by atoms with Crippen molar-refractivity contribution in [2.24, 2.45) is 11.7 Å². The molecule has 1 saturated carbocycles. The van der Waals surface area contributed by atoms with Crippen molar-refractivity contribution < 1.29 is 9.90 Å². The number of aliphatic hydroxyl groups is 1. The first kappa shape index (κ1) is 18.9. The molecular weight excluding hydrogens is 324 g/mol. The van der Waals surface area contributed by atoms with Crippen LogP contribution in [0.2, 0.25) is 0 Å². The largest absolute Gasteiger partial charge is 0.382 e. The van der Waals surface area contributed by atoms with E-state index in [1.54, 1.807) is 0 Å². The molecule has 2 aromatic rings. The van der Waals surface area contributed by atoms with Crippen LogP contribution in [-0.2, 0) is 4.79 Å². The minimum atomic E-state index is -1.15. The predicted octanol–water partition coefficient (Wildman–Crippen LogP) is 3.68. The van der Waals surface area contributed by atoms with E-state index in [4.69, 9.17) is 5.73 Å². The smallest absolute Gasteiger partial charge is 0.250 e. The summed E-state index contributed by atoms with van der Waals surface area (Å²) in [6, 6.07) is 13.6. The van der Waals surface area contributed by atoms with Crippen LogP contribution in [0.1, 0.15) is 57.1 Å². The monoisotopic (exact) mass is 354 g/mol. The Labute approximate surface area is 155 Å². The van der Waals surface area contributed by atoms with Crippen LogP contribution in [0.4, 0.5) is 0 Å². The highest BCUT2D eigenvalue weighted by Gasteiger charge is 2.27. The minimum absolute atomic E-state index is 0.177. The molecule has 0 radical (unpaired) electrons. The third-order valence-corrected chi connectivity index (χ3v) is 5.64. The van der Waals surface area contributed by atoms with Crippen LogP contribution >= 0.6 is 0 Å². The summed E-state index contributed by atoms with van der Waals surface area (Å²) in [5.41, 5.74) is 7.15. The lowest BCUT2D eigenvalue weighted by molar-refractivity contribution is -0.131. The van der Waals surface area contributed by atoms with E-state index in [-0.39, 0.29) is 11.9 Å². The zero-order valence-corrected chi connectivity index (χ0v) is 15.5. The second-order valence-corrected chi connectivity index (χ2v) is 7.69. The van der Waals surface area contributed by atoms with Gasteiger partial charge in [0.15, 0.2) is 0 Å². The average molecular weight is 354 g/mol. The third kappa shape index (κ3) is 4.63. The van der Waals surface area contributed by atoms with Gasteiger partial charge in [-0.15, -0.1) is 0 Å². The SMILES string of the molecule is CC(NC(=O)[C@@H](O)[C@H](N)CC1CCCCC1)c1ccc2ccccc2c1. The fourth-order valence-electron chi connectivity index (χ4n) is 3.99. The van der Waals surface area contributed by atoms with E-state index in [9.17, 15) is 9.90 Å². The summed E-state index contributed by atoms with van der Waals surface area (Å²) in [5, 5.41) is 15.6. The van der Waals surface area contributed by atoms with Crippen molar-refractivity contribution in [1.82, 2.24) is 5.32 Å². The van der Waals surface area contributed by atoms with Crippen molar-refractivity contribution in [3.8, 4) is 0 Å². The van der Waals surface area contributed by atoms with Crippen molar-refractivity contribution in [2.45, 2.75) is 63.6 Å². The Kier molecular flexibility index (Phi) is 6.28. The van der Waals surface area contributed by atoms with Crippen molar-refractivity contribution >= 4 is 16.7 Å². The van der Waals surface area contributed by atoms with E-state index >= 15 is 0 Å². The van der Waals surface area contributed by atoms with Crippen LogP contribution in [0.5, 0.6) is 0 Å². The zero-order chi connectivity index (χ0) is 18.5. The maximum absolute atomic E-state index is 12.4. The highest BCUT2D eigenvalue weighted by Crippen LogP contribution is 2.27. The van der Waals surface area contributed by atoms with Crippen molar-refractivity contribution in [3.63, 3.8) is 0 Å². The Hall–Kier alpha value is -1.91. The highest BCUT2D eigenvalue weighted by atomic mass is 16.3. The Balaban J connectivity index is 1.58. The molecule has 0 aromatic heterocycles. The lowest BCUT2D eigenvalue weighted by atomic mass is 9.84. The standard InChI is InChI=1S/C22H30N2O2/c1-15(18-12-11-17-9-5-6-10-19(17)14-18)24-22(26)21(25)20(23)13-16-7-3-2-4-8-16/h5-6,9-12,14-16,20-21,25H,2-4,7-8,13,23H2,1H3,(H,24,26)/t15?,20-,21+/m1/s1. The summed E-state index contributed by atoms with van der Waals surface area (Å²) < 4.78 is 0. The second-order valence-electron chi connectivity index (χ2n) is 7.69. The van der Waals surface area contributed by atoms with Gasteiger partial charge in [0.25, 0.3) is 5.91 Å². The number of amides is 1. The van der Waals surface area contributed by atoms with Crippen LogP contribution in [0, 0.1) is 5.92 Å². The lowest BCUT2D eigenvalue weighted by Crippen LogP contribution is -2.47. The van der Waals surface area contributed by atoms with E-state index in [0.29, 0.717) is 5.92 Å². The summed E-state index contributed by atoms with van der Waals surface area (Å²) in [4.78, 5) is 12.4.